The van der Waals surface area contributed by atoms with Crippen LogP contribution in [0.5, 0.6) is 5.88 Å². The van der Waals surface area contributed by atoms with Gasteiger partial charge in [-0.05, 0) is 23.6 Å². The van der Waals surface area contributed by atoms with Crippen molar-refractivity contribution < 1.29 is 4.74 Å². The fraction of sp³-hybridized carbons (Fsp3) is 0.214. The van der Waals surface area contributed by atoms with Crippen molar-refractivity contribution in [2.45, 2.75) is 12.5 Å². The van der Waals surface area contributed by atoms with E-state index in [-0.39, 0.29) is 0 Å². The molecule has 96 valence electrons. The Kier molecular flexibility index (Phi) is 3.68. The third-order valence-corrected chi connectivity index (χ3v) is 3.09. The van der Waals surface area contributed by atoms with Gasteiger partial charge < -0.3 is 4.74 Å². The van der Waals surface area contributed by atoms with Gasteiger partial charge in [-0.2, -0.15) is 0 Å². The summed E-state index contributed by atoms with van der Waals surface area (Å²) in [7, 11) is 1.56. The van der Waals surface area contributed by atoms with E-state index < -0.39 is 5.54 Å². The largest absolute Gasteiger partial charge is 0.481 e. The second-order valence-corrected chi connectivity index (χ2v) is 4.22. The number of aromatic nitrogens is 1. The van der Waals surface area contributed by atoms with Gasteiger partial charge in [-0.25, -0.2) is 4.98 Å². The summed E-state index contributed by atoms with van der Waals surface area (Å²) in [5.74, 6) is 0.528. The molecule has 0 saturated heterocycles. The zero-order chi connectivity index (χ0) is 13.7. The molecule has 0 bridgehead atoms. The Hall–Kier alpha value is -2.52. The monoisotopic (exact) mass is 254 g/mol. The van der Waals surface area contributed by atoms with Gasteiger partial charge in [-0.15, -0.1) is 0 Å². The normalized spacial score (nSPS) is 13.2. The molecular formula is C14H14N4O. The minimum atomic E-state index is -0.782. The van der Waals surface area contributed by atoms with Gasteiger partial charge in [0.15, 0.2) is 0 Å². The van der Waals surface area contributed by atoms with Crippen LogP contribution in [0, 0.1) is 0 Å². The Morgan fingerprint density at radius 2 is 1.89 bits per heavy atom. The van der Waals surface area contributed by atoms with Gasteiger partial charge in [0.05, 0.1) is 12.6 Å². The fourth-order valence-corrected chi connectivity index (χ4v) is 1.92. The summed E-state index contributed by atoms with van der Waals surface area (Å²) in [6.07, 6.45) is 1.67. The van der Waals surface area contributed by atoms with Crippen LogP contribution in [0.4, 0.5) is 0 Å². The van der Waals surface area contributed by atoms with Crippen molar-refractivity contribution in [2.75, 3.05) is 7.11 Å². The molecule has 1 heterocycles. The van der Waals surface area contributed by atoms with Crippen molar-refractivity contribution in [3.63, 3.8) is 0 Å². The molecule has 19 heavy (non-hydrogen) atoms. The standard InChI is InChI=1S/C14H14N4O/c1-14(17-18-15,11-6-4-3-5-7-11)12-8-9-13(19-2)16-10-12/h3-10H,1-2H3. The van der Waals surface area contributed by atoms with Crippen LogP contribution in [0.15, 0.2) is 53.8 Å². The molecule has 0 radical (unpaired) electrons. The molecule has 2 rings (SSSR count). The van der Waals surface area contributed by atoms with Crippen molar-refractivity contribution in [3.8, 4) is 5.88 Å². The summed E-state index contributed by atoms with van der Waals surface area (Å²) >= 11 is 0. The van der Waals surface area contributed by atoms with Gasteiger partial charge in [-0.1, -0.05) is 41.5 Å². The molecule has 0 spiro atoms. The van der Waals surface area contributed by atoms with E-state index in [4.69, 9.17) is 10.3 Å². The van der Waals surface area contributed by atoms with Crippen LogP contribution >= 0.6 is 0 Å². The molecule has 0 saturated carbocycles. The molecule has 1 atom stereocenters. The van der Waals surface area contributed by atoms with E-state index in [1.165, 1.54) is 0 Å². The summed E-state index contributed by atoms with van der Waals surface area (Å²) in [5, 5.41) is 3.95. The SMILES string of the molecule is COc1ccc(C(C)(N=[N+]=[N-])c2ccccc2)cn1. The Labute approximate surface area is 111 Å². The smallest absolute Gasteiger partial charge is 0.212 e. The number of methoxy groups -OCH3 is 1. The second kappa shape index (κ2) is 5.42. The average molecular weight is 254 g/mol. The van der Waals surface area contributed by atoms with E-state index in [0.717, 1.165) is 11.1 Å². The summed E-state index contributed by atoms with van der Waals surface area (Å²) in [4.78, 5) is 7.13. The summed E-state index contributed by atoms with van der Waals surface area (Å²) in [6.45, 7) is 1.87. The highest BCUT2D eigenvalue weighted by atomic mass is 16.5. The number of rotatable bonds is 4. The molecule has 0 amide bonds. The van der Waals surface area contributed by atoms with Crippen LogP contribution in [-0.4, -0.2) is 12.1 Å². The number of benzene rings is 1. The van der Waals surface area contributed by atoms with Crippen molar-refractivity contribution in [1.82, 2.24) is 4.98 Å². The quantitative estimate of drug-likeness (QED) is 0.474. The van der Waals surface area contributed by atoms with Gasteiger partial charge in [0.25, 0.3) is 0 Å². The molecule has 1 unspecified atom stereocenters. The maximum Gasteiger partial charge on any atom is 0.212 e. The average Bonchev–Trinajstić information content (AvgIpc) is 2.48. The van der Waals surface area contributed by atoms with E-state index in [1.807, 2.05) is 43.3 Å². The van der Waals surface area contributed by atoms with Crippen LogP contribution in [0.2, 0.25) is 0 Å². The first-order chi connectivity index (χ1) is 9.20. The lowest BCUT2D eigenvalue weighted by Gasteiger charge is -2.24. The van der Waals surface area contributed by atoms with Gasteiger partial charge in [-0.3, -0.25) is 0 Å². The number of hydrogen-bond acceptors (Lipinski definition) is 3. The molecular weight excluding hydrogens is 240 g/mol. The molecule has 5 heteroatoms. The van der Waals surface area contributed by atoms with E-state index in [9.17, 15) is 0 Å². The minimum absolute atomic E-state index is 0.528. The highest BCUT2D eigenvalue weighted by molar-refractivity contribution is 5.37. The van der Waals surface area contributed by atoms with E-state index in [1.54, 1.807) is 19.4 Å². The zero-order valence-electron chi connectivity index (χ0n) is 10.8. The van der Waals surface area contributed by atoms with E-state index >= 15 is 0 Å². The summed E-state index contributed by atoms with van der Waals surface area (Å²) < 4.78 is 5.03. The molecule has 0 aliphatic rings. The molecule has 0 aliphatic carbocycles. The minimum Gasteiger partial charge on any atom is -0.481 e. The highest BCUT2D eigenvalue weighted by Gasteiger charge is 2.27. The first kappa shape index (κ1) is 12.9. The highest BCUT2D eigenvalue weighted by Crippen LogP contribution is 2.33. The van der Waals surface area contributed by atoms with Crippen molar-refractivity contribution in [3.05, 3.63) is 70.2 Å². The number of ether oxygens (including phenoxy) is 1. The third-order valence-electron chi connectivity index (χ3n) is 3.09. The Morgan fingerprint density at radius 3 is 2.42 bits per heavy atom. The first-order valence-electron chi connectivity index (χ1n) is 5.83. The first-order valence-corrected chi connectivity index (χ1v) is 5.83. The fourth-order valence-electron chi connectivity index (χ4n) is 1.92. The van der Waals surface area contributed by atoms with Crippen LogP contribution in [0.3, 0.4) is 0 Å². The van der Waals surface area contributed by atoms with Gasteiger partial charge in [0.2, 0.25) is 5.88 Å². The summed E-state index contributed by atoms with van der Waals surface area (Å²) in [5.41, 5.74) is 9.79. The molecule has 0 aliphatic heterocycles. The predicted octanol–water partition coefficient (Wildman–Crippen LogP) is 3.66. The number of pyridine rings is 1. The summed E-state index contributed by atoms with van der Waals surface area (Å²) in [6, 6.07) is 13.2. The van der Waals surface area contributed by atoms with Gasteiger partial charge in [0.1, 0.15) is 0 Å². The van der Waals surface area contributed by atoms with Gasteiger partial charge >= 0.3 is 0 Å². The topological polar surface area (TPSA) is 70.9 Å². The molecule has 5 nitrogen and oxygen atoms in total. The Bertz CT molecular complexity index is 591. The molecule has 0 N–H and O–H groups in total. The second-order valence-electron chi connectivity index (χ2n) is 4.22. The predicted molar refractivity (Wildman–Crippen MR) is 72.8 cm³/mol. The van der Waals surface area contributed by atoms with Crippen molar-refractivity contribution >= 4 is 0 Å². The lowest BCUT2D eigenvalue weighted by Crippen LogP contribution is -2.20. The number of hydrogen-bond donors (Lipinski definition) is 0. The van der Waals surface area contributed by atoms with Crippen LogP contribution in [-0.2, 0) is 5.54 Å². The Morgan fingerprint density at radius 1 is 1.16 bits per heavy atom. The maximum absolute atomic E-state index is 8.84. The number of nitrogens with zero attached hydrogens (tertiary/aromatic N) is 4. The van der Waals surface area contributed by atoms with Crippen molar-refractivity contribution in [2.24, 2.45) is 5.11 Å². The zero-order valence-corrected chi connectivity index (χ0v) is 10.8. The molecule has 1 aromatic heterocycles. The van der Waals surface area contributed by atoms with Gasteiger partial charge in [0, 0.05) is 17.2 Å². The lowest BCUT2D eigenvalue weighted by molar-refractivity contribution is 0.397. The molecule has 1 aromatic carbocycles. The Balaban J connectivity index is 2.52. The van der Waals surface area contributed by atoms with Crippen LogP contribution < -0.4 is 4.74 Å². The third kappa shape index (κ3) is 2.51. The maximum atomic E-state index is 8.84. The van der Waals surface area contributed by atoms with Crippen molar-refractivity contribution in [1.29, 1.82) is 0 Å². The molecule has 2 aromatic rings. The van der Waals surface area contributed by atoms with Crippen LogP contribution in [0.1, 0.15) is 18.1 Å². The number of azide groups is 1. The van der Waals surface area contributed by atoms with E-state index in [0.29, 0.717) is 5.88 Å². The molecule has 0 fully saturated rings. The van der Waals surface area contributed by atoms with E-state index in [2.05, 4.69) is 15.0 Å². The lowest BCUT2D eigenvalue weighted by atomic mass is 9.86. The van der Waals surface area contributed by atoms with Crippen LogP contribution in [0.25, 0.3) is 10.4 Å².